The molecule has 0 radical (unpaired) electrons. The predicted octanol–water partition coefficient (Wildman–Crippen LogP) is 2.12. The highest BCUT2D eigenvalue weighted by Crippen LogP contribution is 2.37. The molecule has 0 aromatic heterocycles. The maximum absolute atomic E-state index is 12.6. The number of amides is 2. The predicted molar refractivity (Wildman–Crippen MR) is 73.2 cm³/mol. The molecule has 0 saturated carbocycles. The number of terminal acetylenes is 1. The minimum Gasteiger partial charge on any atom is -0.278 e. The lowest BCUT2D eigenvalue weighted by atomic mass is 9.81. The molecule has 2 rings (SSSR count). The van der Waals surface area contributed by atoms with Crippen molar-refractivity contribution >= 4 is 11.8 Å². The molecule has 19 heavy (non-hydrogen) atoms. The second kappa shape index (κ2) is 4.89. The third-order valence-corrected chi connectivity index (χ3v) is 3.73. The van der Waals surface area contributed by atoms with Crippen molar-refractivity contribution in [1.82, 2.24) is 4.90 Å². The van der Waals surface area contributed by atoms with E-state index in [1.807, 2.05) is 44.2 Å². The average molecular weight is 255 g/mol. The van der Waals surface area contributed by atoms with Crippen molar-refractivity contribution in [1.29, 1.82) is 0 Å². The zero-order valence-corrected chi connectivity index (χ0v) is 11.2. The largest absolute Gasteiger partial charge is 0.278 e. The Morgan fingerprint density at radius 3 is 2.58 bits per heavy atom. The molecule has 1 aromatic rings. The number of carbonyl (C=O) groups excluding carboxylic acids is 2. The summed E-state index contributed by atoms with van der Waals surface area (Å²) in [7, 11) is 0. The summed E-state index contributed by atoms with van der Waals surface area (Å²) in [4.78, 5) is 26.0. The van der Waals surface area contributed by atoms with Gasteiger partial charge in [0, 0.05) is 18.9 Å². The van der Waals surface area contributed by atoms with Crippen molar-refractivity contribution < 1.29 is 9.59 Å². The van der Waals surface area contributed by atoms with E-state index in [1.165, 1.54) is 4.90 Å². The standard InChI is InChI=1S/C16H17NO2/c1-4-8-12(2)17-14(18)11-16(3,15(17)19)13-9-6-5-7-10-13/h1,5-7,9-10,12H,8,11H2,2-3H3. The first-order valence-electron chi connectivity index (χ1n) is 6.36. The van der Waals surface area contributed by atoms with Crippen LogP contribution in [0.15, 0.2) is 30.3 Å². The van der Waals surface area contributed by atoms with Gasteiger partial charge in [0.2, 0.25) is 11.8 Å². The Morgan fingerprint density at radius 1 is 1.37 bits per heavy atom. The van der Waals surface area contributed by atoms with Crippen LogP contribution in [0.2, 0.25) is 0 Å². The Labute approximate surface area is 113 Å². The zero-order chi connectivity index (χ0) is 14.0. The van der Waals surface area contributed by atoms with Gasteiger partial charge in [-0.3, -0.25) is 14.5 Å². The van der Waals surface area contributed by atoms with Crippen molar-refractivity contribution in [2.45, 2.75) is 38.1 Å². The summed E-state index contributed by atoms with van der Waals surface area (Å²) in [5, 5.41) is 0. The van der Waals surface area contributed by atoms with Gasteiger partial charge in [-0.15, -0.1) is 12.3 Å². The summed E-state index contributed by atoms with van der Waals surface area (Å²) in [6.07, 6.45) is 5.87. The van der Waals surface area contributed by atoms with E-state index in [9.17, 15) is 9.59 Å². The topological polar surface area (TPSA) is 37.4 Å². The van der Waals surface area contributed by atoms with Crippen LogP contribution in [0.3, 0.4) is 0 Å². The lowest BCUT2D eigenvalue weighted by Gasteiger charge is -2.25. The van der Waals surface area contributed by atoms with Crippen LogP contribution in [0.4, 0.5) is 0 Å². The summed E-state index contributed by atoms with van der Waals surface area (Å²) in [6.45, 7) is 3.64. The third-order valence-electron chi connectivity index (χ3n) is 3.73. The van der Waals surface area contributed by atoms with Crippen LogP contribution in [-0.2, 0) is 15.0 Å². The molecule has 1 aliphatic rings. The first kappa shape index (κ1) is 13.4. The van der Waals surface area contributed by atoms with Gasteiger partial charge in [0.15, 0.2) is 0 Å². The quantitative estimate of drug-likeness (QED) is 0.613. The Balaban J connectivity index is 2.35. The zero-order valence-electron chi connectivity index (χ0n) is 11.2. The molecule has 2 atom stereocenters. The maximum atomic E-state index is 12.6. The summed E-state index contributed by atoms with van der Waals surface area (Å²) in [5.41, 5.74) is 0.116. The van der Waals surface area contributed by atoms with E-state index in [2.05, 4.69) is 5.92 Å². The highest BCUT2D eigenvalue weighted by molar-refractivity contribution is 6.09. The minimum atomic E-state index is -0.763. The second-order valence-corrected chi connectivity index (χ2v) is 5.20. The lowest BCUT2D eigenvalue weighted by molar-refractivity contribution is -0.141. The first-order valence-corrected chi connectivity index (χ1v) is 6.36. The number of benzene rings is 1. The fourth-order valence-electron chi connectivity index (χ4n) is 2.58. The van der Waals surface area contributed by atoms with E-state index >= 15 is 0 Å². The Morgan fingerprint density at radius 2 is 2.00 bits per heavy atom. The molecule has 1 heterocycles. The van der Waals surface area contributed by atoms with Crippen molar-refractivity contribution in [3.8, 4) is 12.3 Å². The Bertz CT molecular complexity index is 544. The molecule has 2 unspecified atom stereocenters. The van der Waals surface area contributed by atoms with Gasteiger partial charge >= 0.3 is 0 Å². The van der Waals surface area contributed by atoms with Gasteiger partial charge in [-0.1, -0.05) is 30.3 Å². The summed E-state index contributed by atoms with van der Waals surface area (Å²) >= 11 is 0. The second-order valence-electron chi connectivity index (χ2n) is 5.20. The van der Waals surface area contributed by atoms with Gasteiger partial charge in [0.05, 0.1) is 5.41 Å². The highest BCUT2D eigenvalue weighted by atomic mass is 16.2. The molecule has 1 aromatic carbocycles. The smallest absolute Gasteiger partial charge is 0.240 e. The van der Waals surface area contributed by atoms with Crippen molar-refractivity contribution in [2.75, 3.05) is 0 Å². The summed E-state index contributed by atoms with van der Waals surface area (Å²) < 4.78 is 0. The lowest BCUT2D eigenvalue weighted by Crippen LogP contribution is -2.41. The number of imide groups is 1. The maximum Gasteiger partial charge on any atom is 0.240 e. The molecule has 0 N–H and O–H groups in total. The molecule has 3 nitrogen and oxygen atoms in total. The molecule has 0 spiro atoms. The van der Waals surface area contributed by atoms with E-state index in [0.29, 0.717) is 6.42 Å². The van der Waals surface area contributed by atoms with Gasteiger partial charge in [-0.25, -0.2) is 0 Å². The van der Waals surface area contributed by atoms with E-state index in [1.54, 1.807) is 0 Å². The fraction of sp³-hybridized carbons (Fsp3) is 0.375. The van der Waals surface area contributed by atoms with Crippen LogP contribution in [0.1, 0.15) is 32.3 Å². The van der Waals surface area contributed by atoms with Crippen LogP contribution in [0, 0.1) is 12.3 Å². The van der Waals surface area contributed by atoms with Crippen LogP contribution in [0.5, 0.6) is 0 Å². The Kier molecular flexibility index (Phi) is 3.44. The van der Waals surface area contributed by atoms with Crippen molar-refractivity contribution in [3.05, 3.63) is 35.9 Å². The average Bonchev–Trinajstić information content (AvgIpc) is 2.62. The van der Waals surface area contributed by atoms with Gasteiger partial charge in [-0.2, -0.15) is 0 Å². The third kappa shape index (κ3) is 2.15. The van der Waals surface area contributed by atoms with Gasteiger partial charge < -0.3 is 0 Å². The van der Waals surface area contributed by atoms with Crippen molar-refractivity contribution in [3.63, 3.8) is 0 Å². The molecule has 1 fully saturated rings. The molecule has 1 saturated heterocycles. The van der Waals surface area contributed by atoms with Crippen molar-refractivity contribution in [2.24, 2.45) is 0 Å². The molecule has 2 amide bonds. The Hall–Kier alpha value is -2.08. The number of rotatable bonds is 3. The summed E-state index contributed by atoms with van der Waals surface area (Å²) in [6, 6.07) is 9.20. The first-order chi connectivity index (χ1) is 9.00. The monoisotopic (exact) mass is 255 g/mol. The number of carbonyl (C=O) groups is 2. The van der Waals surface area contributed by atoms with Gasteiger partial charge in [0.25, 0.3) is 0 Å². The normalized spacial score (nSPS) is 24.4. The molecule has 3 heteroatoms. The summed E-state index contributed by atoms with van der Waals surface area (Å²) in [5.74, 6) is 2.22. The van der Waals surface area contributed by atoms with Crippen LogP contribution < -0.4 is 0 Å². The molecule has 98 valence electrons. The molecular weight excluding hydrogens is 238 g/mol. The van der Waals surface area contributed by atoms with Crippen LogP contribution in [0.25, 0.3) is 0 Å². The molecule has 0 aliphatic carbocycles. The fourth-order valence-corrected chi connectivity index (χ4v) is 2.58. The SMILES string of the molecule is C#CCC(C)N1C(=O)CC(C)(c2ccccc2)C1=O. The number of hydrogen-bond donors (Lipinski definition) is 0. The van der Waals surface area contributed by atoms with Gasteiger partial charge in [-0.05, 0) is 19.4 Å². The minimum absolute atomic E-state index is 0.140. The van der Waals surface area contributed by atoms with Gasteiger partial charge in [0.1, 0.15) is 0 Å². The van der Waals surface area contributed by atoms with Crippen LogP contribution >= 0.6 is 0 Å². The van der Waals surface area contributed by atoms with E-state index < -0.39 is 5.41 Å². The van der Waals surface area contributed by atoms with E-state index in [-0.39, 0.29) is 24.3 Å². The number of hydrogen-bond acceptors (Lipinski definition) is 2. The molecule has 0 bridgehead atoms. The van der Waals surface area contributed by atoms with Crippen LogP contribution in [-0.4, -0.2) is 22.8 Å². The number of nitrogens with zero attached hydrogens (tertiary/aromatic N) is 1. The molecule has 1 aliphatic heterocycles. The number of likely N-dealkylation sites (tertiary alicyclic amines) is 1. The highest BCUT2D eigenvalue weighted by Gasteiger charge is 2.50. The van der Waals surface area contributed by atoms with E-state index in [4.69, 9.17) is 6.42 Å². The van der Waals surface area contributed by atoms with E-state index in [0.717, 1.165) is 5.56 Å². The molecular formula is C16H17NO2.